The molecule has 0 atom stereocenters. The van der Waals surface area contributed by atoms with Crippen molar-refractivity contribution in [2.45, 2.75) is 6.54 Å². The summed E-state index contributed by atoms with van der Waals surface area (Å²) in [6, 6.07) is 9.99. The highest BCUT2D eigenvalue weighted by molar-refractivity contribution is 5.99. The van der Waals surface area contributed by atoms with Crippen LogP contribution in [0.3, 0.4) is 0 Å². The van der Waals surface area contributed by atoms with E-state index in [1.807, 2.05) is 0 Å². The summed E-state index contributed by atoms with van der Waals surface area (Å²) in [6.45, 7) is 0.258. The summed E-state index contributed by atoms with van der Waals surface area (Å²) < 4.78 is 12.7. The Labute approximate surface area is 109 Å². The predicted octanol–water partition coefficient (Wildman–Crippen LogP) is 2.04. The number of carbonyl (C=O) groups is 1. The van der Waals surface area contributed by atoms with Gasteiger partial charge in [-0.15, -0.1) is 0 Å². The molecular formula is C14H13FN2O2. The van der Waals surface area contributed by atoms with E-state index in [0.29, 0.717) is 0 Å². The molecule has 0 spiro atoms. The minimum atomic E-state index is -0.391. The van der Waals surface area contributed by atoms with E-state index in [9.17, 15) is 14.3 Å². The first-order chi connectivity index (χ1) is 9.06. The number of amides is 1. The lowest BCUT2D eigenvalue weighted by atomic mass is 10.1. The number of nitrogens with one attached hydrogen (secondary N) is 1. The number of hydrogen-bond donors (Lipinski definition) is 3. The van der Waals surface area contributed by atoms with Gasteiger partial charge in [-0.1, -0.05) is 12.1 Å². The van der Waals surface area contributed by atoms with Crippen LogP contribution in [0.1, 0.15) is 15.9 Å². The third-order valence-corrected chi connectivity index (χ3v) is 2.65. The molecule has 0 aliphatic rings. The molecule has 0 heterocycles. The van der Waals surface area contributed by atoms with Crippen LogP contribution < -0.4 is 11.1 Å². The van der Waals surface area contributed by atoms with Crippen LogP contribution in [0.2, 0.25) is 0 Å². The molecule has 0 saturated carbocycles. The number of phenolic OH excluding ortho intramolecular Hbond substituents is 1. The van der Waals surface area contributed by atoms with Crippen LogP contribution in [-0.4, -0.2) is 11.0 Å². The Morgan fingerprint density at radius 1 is 1.21 bits per heavy atom. The molecule has 2 aromatic rings. The van der Waals surface area contributed by atoms with Crippen LogP contribution in [0.25, 0.3) is 0 Å². The highest BCUT2D eigenvalue weighted by Crippen LogP contribution is 2.18. The fourth-order valence-corrected chi connectivity index (χ4v) is 1.62. The normalized spacial score (nSPS) is 10.2. The van der Waals surface area contributed by atoms with Gasteiger partial charge in [0.15, 0.2) is 0 Å². The molecule has 0 fully saturated rings. The van der Waals surface area contributed by atoms with Crippen LogP contribution in [0.15, 0.2) is 42.5 Å². The van der Waals surface area contributed by atoms with Crippen molar-refractivity contribution in [1.29, 1.82) is 0 Å². The maximum atomic E-state index is 12.7. The predicted molar refractivity (Wildman–Crippen MR) is 70.1 cm³/mol. The minimum Gasteiger partial charge on any atom is -0.508 e. The van der Waals surface area contributed by atoms with Gasteiger partial charge in [-0.2, -0.15) is 0 Å². The van der Waals surface area contributed by atoms with Gasteiger partial charge < -0.3 is 16.2 Å². The Hall–Kier alpha value is -2.56. The van der Waals surface area contributed by atoms with E-state index in [-0.39, 0.29) is 29.4 Å². The monoisotopic (exact) mass is 260 g/mol. The second-order valence-corrected chi connectivity index (χ2v) is 4.08. The number of halogens is 1. The van der Waals surface area contributed by atoms with Crippen molar-refractivity contribution in [2.75, 3.05) is 5.73 Å². The number of carbonyl (C=O) groups excluding carboxylic acids is 1. The molecule has 0 aliphatic heterocycles. The molecule has 0 unspecified atom stereocenters. The summed E-state index contributed by atoms with van der Waals surface area (Å²) in [6.07, 6.45) is 0. The number of phenols is 1. The molecule has 2 rings (SSSR count). The lowest BCUT2D eigenvalue weighted by Crippen LogP contribution is -2.23. The Balaban J connectivity index is 2.05. The van der Waals surface area contributed by atoms with E-state index in [1.165, 1.54) is 30.3 Å². The number of anilines is 1. The summed E-state index contributed by atoms with van der Waals surface area (Å²) in [7, 11) is 0. The fraction of sp³-hybridized carbons (Fsp3) is 0.0714. The molecule has 19 heavy (non-hydrogen) atoms. The van der Waals surface area contributed by atoms with Gasteiger partial charge in [0.05, 0.1) is 5.56 Å². The van der Waals surface area contributed by atoms with E-state index >= 15 is 0 Å². The molecule has 2 aromatic carbocycles. The molecule has 4 N–H and O–H groups in total. The second-order valence-electron chi connectivity index (χ2n) is 4.08. The zero-order chi connectivity index (χ0) is 13.8. The Bertz CT molecular complexity index is 597. The largest absolute Gasteiger partial charge is 0.508 e. The van der Waals surface area contributed by atoms with E-state index < -0.39 is 5.91 Å². The fourth-order valence-electron chi connectivity index (χ4n) is 1.62. The molecule has 98 valence electrons. The first kappa shape index (κ1) is 12.9. The number of aromatic hydroxyl groups is 1. The molecule has 5 heteroatoms. The quantitative estimate of drug-likeness (QED) is 0.584. The summed E-state index contributed by atoms with van der Waals surface area (Å²) in [5.74, 6) is -0.744. The summed E-state index contributed by atoms with van der Waals surface area (Å²) in [5.41, 5.74) is 6.93. The SMILES string of the molecule is Nc1ccc(O)cc1C(=O)NCc1ccc(F)cc1. The van der Waals surface area contributed by atoms with E-state index in [1.54, 1.807) is 12.1 Å². The highest BCUT2D eigenvalue weighted by Gasteiger charge is 2.10. The van der Waals surface area contributed by atoms with Crippen molar-refractivity contribution in [3.63, 3.8) is 0 Å². The van der Waals surface area contributed by atoms with Gasteiger partial charge in [-0.05, 0) is 35.9 Å². The molecule has 0 aromatic heterocycles. The van der Waals surface area contributed by atoms with Crippen molar-refractivity contribution in [3.05, 3.63) is 59.4 Å². The van der Waals surface area contributed by atoms with Crippen molar-refractivity contribution in [3.8, 4) is 5.75 Å². The Kier molecular flexibility index (Phi) is 3.66. The van der Waals surface area contributed by atoms with E-state index in [0.717, 1.165) is 5.56 Å². The highest BCUT2D eigenvalue weighted by atomic mass is 19.1. The maximum absolute atomic E-state index is 12.7. The van der Waals surface area contributed by atoms with Gasteiger partial charge in [0.1, 0.15) is 11.6 Å². The van der Waals surface area contributed by atoms with E-state index in [2.05, 4.69) is 5.32 Å². The lowest BCUT2D eigenvalue weighted by Gasteiger charge is -2.08. The van der Waals surface area contributed by atoms with Crippen LogP contribution >= 0.6 is 0 Å². The standard InChI is InChI=1S/C14H13FN2O2/c15-10-3-1-9(2-4-10)8-17-14(19)12-7-11(18)5-6-13(12)16/h1-7,18H,8,16H2,(H,17,19). The van der Waals surface area contributed by atoms with Crippen LogP contribution in [0.4, 0.5) is 10.1 Å². The number of benzene rings is 2. The number of rotatable bonds is 3. The van der Waals surface area contributed by atoms with Gasteiger partial charge >= 0.3 is 0 Å². The molecule has 4 nitrogen and oxygen atoms in total. The zero-order valence-corrected chi connectivity index (χ0v) is 10.1. The van der Waals surface area contributed by atoms with Gasteiger partial charge in [0.2, 0.25) is 0 Å². The van der Waals surface area contributed by atoms with Crippen LogP contribution in [-0.2, 0) is 6.54 Å². The third-order valence-electron chi connectivity index (χ3n) is 2.65. The van der Waals surface area contributed by atoms with Crippen LogP contribution in [0, 0.1) is 5.82 Å². The first-order valence-corrected chi connectivity index (χ1v) is 5.67. The molecule has 1 amide bonds. The molecular weight excluding hydrogens is 247 g/mol. The maximum Gasteiger partial charge on any atom is 0.253 e. The summed E-state index contributed by atoms with van der Waals surface area (Å²) in [5, 5.41) is 12.0. The van der Waals surface area contributed by atoms with Gasteiger partial charge in [-0.25, -0.2) is 4.39 Å². The van der Waals surface area contributed by atoms with Gasteiger partial charge in [-0.3, -0.25) is 4.79 Å². The molecule has 0 radical (unpaired) electrons. The summed E-state index contributed by atoms with van der Waals surface area (Å²) in [4.78, 5) is 11.9. The number of nitrogen functional groups attached to an aromatic ring is 1. The summed E-state index contributed by atoms with van der Waals surface area (Å²) >= 11 is 0. The second kappa shape index (κ2) is 5.39. The number of hydrogen-bond acceptors (Lipinski definition) is 3. The van der Waals surface area contributed by atoms with Crippen molar-refractivity contribution >= 4 is 11.6 Å². The first-order valence-electron chi connectivity index (χ1n) is 5.67. The topological polar surface area (TPSA) is 75.3 Å². The van der Waals surface area contributed by atoms with Crippen molar-refractivity contribution in [1.82, 2.24) is 5.32 Å². The number of nitrogens with two attached hydrogens (primary N) is 1. The Morgan fingerprint density at radius 3 is 2.58 bits per heavy atom. The zero-order valence-electron chi connectivity index (χ0n) is 10.1. The average Bonchev–Trinajstić information content (AvgIpc) is 2.40. The smallest absolute Gasteiger partial charge is 0.253 e. The van der Waals surface area contributed by atoms with Crippen molar-refractivity contribution < 1.29 is 14.3 Å². The molecule has 0 saturated heterocycles. The van der Waals surface area contributed by atoms with Gasteiger partial charge in [0.25, 0.3) is 5.91 Å². The minimum absolute atomic E-state index is 0.0267. The van der Waals surface area contributed by atoms with Crippen LogP contribution in [0.5, 0.6) is 5.75 Å². The van der Waals surface area contributed by atoms with E-state index in [4.69, 9.17) is 5.73 Å². The van der Waals surface area contributed by atoms with Crippen molar-refractivity contribution in [2.24, 2.45) is 0 Å². The average molecular weight is 260 g/mol. The Morgan fingerprint density at radius 2 is 1.89 bits per heavy atom. The molecule has 0 bridgehead atoms. The third kappa shape index (κ3) is 3.22. The lowest BCUT2D eigenvalue weighted by molar-refractivity contribution is 0.0951. The molecule has 0 aliphatic carbocycles. The van der Waals surface area contributed by atoms with Gasteiger partial charge in [0, 0.05) is 12.2 Å².